The average Bonchev–Trinajstić information content (AvgIpc) is 2.97. The number of hydrogen-bond donors (Lipinski definition) is 0. The molecule has 0 amide bonds. The lowest BCUT2D eigenvalue weighted by molar-refractivity contribution is 0.0978. The van der Waals surface area contributed by atoms with E-state index in [-0.39, 0.29) is 5.78 Å². The molecular formula is C20H21ClO2. The van der Waals surface area contributed by atoms with Crippen LogP contribution in [0.5, 0.6) is 5.75 Å². The van der Waals surface area contributed by atoms with E-state index >= 15 is 0 Å². The Morgan fingerprint density at radius 2 is 2.00 bits per heavy atom. The first-order valence-electron chi connectivity index (χ1n) is 8.13. The molecule has 3 heteroatoms. The summed E-state index contributed by atoms with van der Waals surface area (Å²) in [7, 11) is 1.63. The third kappa shape index (κ3) is 3.76. The van der Waals surface area contributed by atoms with E-state index in [0.29, 0.717) is 12.3 Å². The molecule has 0 aromatic heterocycles. The van der Waals surface area contributed by atoms with E-state index in [4.69, 9.17) is 16.3 Å². The molecule has 2 aromatic carbocycles. The fourth-order valence-corrected chi connectivity index (χ4v) is 3.60. The van der Waals surface area contributed by atoms with Crippen LogP contribution in [0.3, 0.4) is 0 Å². The van der Waals surface area contributed by atoms with Crippen LogP contribution in [0.1, 0.15) is 53.1 Å². The minimum atomic E-state index is 0.210. The van der Waals surface area contributed by atoms with Gasteiger partial charge in [0, 0.05) is 17.0 Å². The van der Waals surface area contributed by atoms with Gasteiger partial charge in [0.05, 0.1) is 7.11 Å². The first kappa shape index (κ1) is 16.1. The molecule has 0 N–H and O–H groups in total. The van der Waals surface area contributed by atoms with Crippen LogP contribution in [0.4, 0.5) is 0 Å². The highest BCUT2D eigenvalue weighted by Crippen LogP contribution is 2.37. The molecule has 1 atom stereocenters. The fourth-order valence-electron chi connectivity index (χ4n) is 3.40. The van der Waals surface area contributed by atoms with Gasteiger partial charge in [0.15, 0.2) is 5.78 Å². The molecule has 1 aliphatic rings. The smallest absolute Gasteiger partial charge is 0.162 e. The third-order valence-corrected chi connectivity index (χ3v) is 4.91. The highest BCUT2D eigenvalue weighted by molar-refractivity contribution is 6.30. The molecule has 0 radical (unpaired) electrons. The van der Waals surface area contributed by atoms with Gasteiger partial charge in [0.1, 0.15) is 5.75 Å². The third-order valence-electron chi connectivity index (χ3n) is 4.68. The Hall–Kier alpha value is -1.80. The van der Waals surface area contributed by atoms with Gasteiger partial charge in [-0.05, 0) is 79.1 Å². The second-order valence-corrected chi connectivity index (χ2v) is 6.56. The van der Waals surface area contributed by atoms with Crippen LogP contribution in [0, 0.1) is 0 Å². The molecule has 1 aliphatic carbocycles. The largest absolute Gasteiger partial charge is 0.497 e. The normalized spacial score (nSPS) is 16.2. The molecule has 0 aliphatic heterocycles. The van der Waals surface area contributed by atoms with Gasteiger partial charge in [-0.2, -0.15) is 0 Å². The summed E-state index contributed by atoms with van der Waals surface area (Å²) >= 11 is 6.05. The Balaban J connectivity index is 1.53. The zero-order chi connectivity index (χ0) is 16.2. The first-order valence-corrected chi connectivity index (χ1v) is 8.51. The van der Waals surface area contributed by atoms with Gasteiger partial charge in [0.25, 0.3) is 0 Å². The number of ketones is 1. The molecule has 0 heterocycles. The van der Waals surface area contributed by atoms with Crippen molar-refractivity contribution in [1.82, 2.24) is 0 Å². The number of fused-ring (bicyclic) bond motifs is 1. The molecule has 1 unspecified atom stereocenters. The van der Waals surface area contributed by atoms with Crippen molar-refractivity contribution in [2.75, 3.05) is 7.11 Å². The molecule has 0 saturated carbocycles. The standard InChI is InChI=1S/C20H21ClO2/c1-23-18-10-7-15(8-11-18)20(22)4-2-3-14-5-6-16-13-17(21)9-12-19(14)16/h7-14H,2-6H2,1H3. The Bertz CT molecular complexity index is 691. The number of Topliss-reactive ketones (excluding diaryl/α,β-unsaturated/α-hetero) is 1. The van der Waals surface area contributed by atoms with Crippen LogP contribution in [-0.2, 0) is 6.42 Å². The summed E-state index contributed by atoms with van der Waals surface area (Å²) in [5, 5.41) is 0.819. The summed E-state index contributed by atoms with van der Waals surface area (Å²) in [6.07, 6.45) is 4.87. The van der Waals surface area contributed by atoms with Gasteiger partial charge >= 0.3 is 0 Å². The monoisotopic (exact) mass is 328 g/mol. The number of carbonyl (C=O) groups is 1. The average molecular weight is 329 g/mol. The number of methoxy groups -OCH3 is 1. The van der Waals surface area contributed by atoms with E-state index in [1.54, 1.807) is 7.11 Å². The van der Waals surface area contributed by atoms with Crippen molar-refractivity contribution in [1.29, 1.82) is 0 Å². The van der Waals surface area contributed by atoms with Crippen molar-refractivity contribution in [3.8, 4) is 5.75 Å². The second-order valence-electron chi connectivity index (χ2n) is 6.12. The molecule has 0 bridgehead atoms. The molecule has 0 spiro atoms. The van der Waals surface area contributed by atoms with Gasteiger partial charge in [-0.1, -0.05) is 17.7 Å². The van der Waals surface area contributed by atoms with Crippen molar-refractivity contribution >= 4 is 17.4 Å². The quantitative estimate of drug-likeness (QED) is 0.661. The number of carbonyl (C=O) groups excluding carboxylic acids is 1. The van der Waals surface area contributed by atoms with E-state index in [0.717, 1.165) is 35.6 Å². The van der Waals surface area contributed by atoms with E-state index in [1.807, 2.05) is 30.3 Å². The Morgan fingerprint density at radius 1 is 1.22 bits per heavy atom. The molecule has 120 valence electrons. The highest BCUT2D eigenvalue weighted by atomic mass is 35.5. The first-order chi connectivity index (χ1) is 11.2. The summed E-state index contributed by atoms with van der Waals surface area (Å²) in [5.74, 6) is 1.57. The lowest BCUT2D eigenvalue weighted by Crippen LogP contribution is -2.01. The van der Waals surface area contributed by atoms with Crippen molar-refractivity contribution in [2.45, 2.75) is 38.0 Å². The van der Waals surface area contributed by atoms with E-state index in [1.165, 1.54) is 17.5 Å². The van der Waals surface area contributed by atoms with Crippen LogP contribution in [0.25, 0.3) is 0 Å². The van der Waals surface area contributed by atoms with E-state index < -0.39 is 0 Å². The molecule has 2 aromatic rings. The van der Waals surface area contributed by atoms with E-state index in [9.17, 15) is 4.79 Å². The van der Waals surface area contributed by atoms with E-state index in [2.05, 4.69) is 12.1 Å². The Kier molecular flexibility index (Phi) is 5.02. The summed E-state index contributed by atoms with van der Waals surface area (Å²) < 4.78 is 5.12. The van der Waals surface area contributed by atoms with Crippen molar-refractivity contribution in [3.05, 3.63) is 64.2 Å². The lowest BCUT2D eigenvalue weighted by atomic mass is 9.94. The molecule has 0 fully saturated rings. The number of benzene rings is 2. The number of ether oxygens (including phenoxy) is 1. The van der Waals surface area contributed by atoms with Crippen LogP contribution in [-0.4, -0.2) is 12.9 Å². The zero-order valence-corrected chi connectivity index (χ0v) is 14.1. The maximum absolute atomic E-state index is 12.3. The number of halogens is 1. The van der Waals surface area contributed by atoms with Crippen LogP contribution in [0.2, 0.25) is 5.02 Å². The Labute approximate surface area is 142 Å². The maximum atomic E-state index is 12.3. The van der Waals surface area contributed by atoms with Crippen molar-refractivity contribution < 1.29 is 9.53 Å². The van der Waals surface area contributed by atoms with Crippen LogP contribution < -0.4 is 4.74 Å². The van der Waals surface area contributed by atoms with Gasteiger partial charge in [0.2, 0.25) is 0 Å². The highest BCUT2D eigenvalue weighted by Gasteiger charge is 2.22. The predicted octanol–water partition coefficient (Wildman–Crippen LogP) is 5.43. The summed E-state index contributed by atoms with van der Waals surface area (Å²) in [4.78, 5) is 12.3. The van der Waals surface area contributed by atoms with Crippen molar-refractivity contribution in [3.63, 3.8) is 0 Å². The zero-order valence-electron chi connectivity index (χ0n) is 13.3. The molecule has 2 nitrogen and oxygen atoms in total. The van der Waals surface area contributed by atoms with Crippen LogP contribution in [0.15, 0.2) is 42.5 Å². The van der Waals surface area contributed by atoms with Gasteiger partial charge in [-0.3, -0.25) is 4.79 Å². The van der Waals surface area contributed by atoms with Gasteiger partial charge in [-0.15, -0.1) is 0 Å². The summed E-state index contributed by atoms with van der Waals surface area (Å²) in [6.45, 7) is 0. The fraction of sp³-hybridized carbons (Fsp3) is 0.350. The SMILES string of the molecule is COc1ccc(C(=O)CCCC2CCc3cc(Cl)ccc32)cc1. The summed E-state index contributed by atoms with van der Waals surface area (Å²) in [6, 6.07) is 13.6. The molecule has 0 saturated heterocycles. The summed E-state index contributed by atoms with van der Waals surface area (Å²) in [5.41, 5.74) is 3.57. The lowest BCUT2D eigenvalue weighted by Gasteiger charge is -2.11. The topological polar surface area (TPSA) is 26.3 Å². The second kappa shape index (κ2) is 7.18. The number of aryl methyl sites for hydroxylation is 1. The maximum Gasteiger partial charge on any atom is 0.162 e. The number of hydrogen-bond acceptors (Lipinski definition) is 2. The predicted molar refractivity (Wildman–Crippen MR) is 93.7 cm³/mol. The van der Waals surface area contributed by atoms with Gasteiger partial charge in [-0.25, -0.2) is 0 Å². The van der Waals surface area contributed by atoms with Crippen LogP contribution >= 0.6 is 11.6 Å². The Morgan fingerprint density at radius 3 is 2.74 bits per heavy atom. The molecular weight excluding hydrogens is 308 g/mol. The molecule has 3 rings (SSSR count). The van der Waals surface area contributed by atoms with Gasteiger partial charge < -0.3 is 4.74 Å². The molecule has 23 heavy (non-hydrogen) atoms. The minimum Gasteiger partial charge on any atom is -0.497 e. The van der Waals surface area contributed by atoms with Crippen molar-refractivity contribution in [2.24, 2.45) is 0 Å². The number of rotatable bonds is 6. The minimum absolute atomic E-state index is 0.210.